The van der Waals surface area contributed by atoms with Crippen LogP contribution in [0.1, 0.15) is 31.4 Å². The highest BCUT2D eigenvalue weighted by atomic mass is 16.5. The third-order valence-corrected chi connectivity index (χ3v) is 2.75. The number of nitrogens with zero attached hydrogens (tertiary/aromatic N) is 1. The van der Waals surface area contributed by atoms with Gasteiger partial charge in [-0.3, -0.25) is 0 Å². The first kappa shape index (κ1) is 16.5. The fourth-order valence-corrected chi connectivity index (χ4v) is 1.75. The largest absolute Gasteiger partial charge is 0.409 e. The number of hydrogen-bond donors (Lipinski definition) is 3. The molecular weight excluding hydrogens is 254 g/mol. The first-order valence-corrected chi connectivity index (χ1v) is 6.98. The van der Waals surface area contributed by atoms with Crippen molar-refractivity contribution in [1.82, 2.24) is 5.32 Å². The van der Waals surface area contributed by atoms with E-state index in [2.05, 4.69) is 24.3 Å². The van der Waals surface area contributed by atoms with Crippen molar-refractivity contribution in [2.45, 2.75) is 26.8 Å². The predicted molar refractivity (Wildman–Crippen MR) is 80.9 cm³/mol. The molecule has 1 rings (SSSR count). The van der Waals surface area contributed by atoms with E-state index in [4.69, 9.17) is 15.7 Å². The normalized spacial score (nSPS) is 12.1. The second-order valence-corrected chi connectivity index (χ2v) is 5.18. The lowest BCUT2D eigenvalue weighted by Gasteiger charge is -2.08. The monoisotopic (exact) mass is 279 g/mol. The van der Waals surface area contributed by atoms with Crippen molar-refractivity contribution in [3.63, 3.8) is 0 Å². The average Bonchev–Trinajstić information content (AvgIpc) is 2.45. The van der Waals surface area contributed by atoms with Crippen LogP contribution >= 0.6 is 0 Å². The van der Waals surface area contributed by atoms with E-state index in [0.717, 1.165) is 43.9 Å². The Bertz CT molecular complexity index is 419. The van der Waals surface area contributed by atoms with Gasteiger partial charge in [0.1, 0.15) is 0 Å². The van der Waals surface area contributed by atoms with E-state index in [9.17, 15) is 0 Å². The molecule has 1 aromatic carbocycles. The summed E-state index contributed by atoms with van der Waals surface area (Å²) in [5.74, 6) is 0.721. The molecule has 4 N–H and O–H groups in total. The van der Waals surface area contributed by atoms with Crippen molar-refractivity contribution < 1.29 is 9.94 Å². The maximum Gasteiger partial charge on any atom is 0.170 e. The minimum atomic E-state index is 0.133. The van der Waals surface area contributed by atoms with Crippen LogP contribution in [0.2, 0.25) is 0 Å². The van der Waals surface area contributed by atoms with Crippen molar-refractivity contribution >= 4 is 5.84 Å². The number of oxime groups is 1. The van der Waals surface area contributed by atoms with Crippen LogP contribution in [0.25, 0.3) is 0 Å². The second kappa shape index (κ2) is 9.34. The minimum Gasteiger partial charge on any atom is -0.409 e. The molecule has 0 bridgehead atoms. The Morgan fingerprint density at radius 1 is 1.45 bits per heavy atom. The summed E-state index contributed by atoms with van der Waals surface area (Å²) in [6.07, 6.45) is 0.993. The van der Waals surface area contributed by atoms with Crippen molar-refractivity contribution in [2.75, 3.05) is 19.8 Å². The Labute approximate surface area is 120 Å². The lowest BCUT2D eigenvalue weighted by atomic mass is 10.1. The van der Waals surface area contributed by atoms with Gasteiger partial charge in [0.15, 0.2) is 5.84 Å². The average molecular weight is 279 g/mol. The predicted octanol–water partition coefficient (Wildman–Crippen LogP) is 1.93. The summed E-state index contributed by atoms with van der Waals surface area (Å²) >= 11 is 0. The van der Waals surface area contributed by atoms with Crippen LogP contribution in [0.5, 0.6) is 0 Å². The summed E-state index contributed by atoms with van der Waals surface area (Å²) in [5, 5.41) is 15.0. The molecule has 0 aliphatic heterocycles. The number of ether oxygens (including phenoxy) is 1. The third-order valence-electron chi connectivity index (χ3n) is 2.75. The van der Waals surface area contributed by atoms with Crippen LogP contribution in [-0.4, -0.2) is 30.8 Å². The highest BCUT2D eigenvalue weighted by Gasteiger charge is 2.00. The fourth-order valence-electron chi connectivity index (χ4n) is 1.75. The van der Waals surface area contributed by atoms with E-state index in [0.29, 0.717) is 5.92 Å². The quantitative estimate of drug-likeness (QED) is 0.212. The second-order valence-electron chi connectivity index (χ2n) is 5.18. The first-order valence-electron chi connectivity index (χ1n) is 6.98. The van der Waals surface area contributed by atoms with Gasteiger partial charge in [-0.2, -0.15) is 0 Å². The first-order chi connectivity index (χ1) is 9.63. The van der Waals surface area contributed by atoms with Gasteiger partial charge in [0.05, 0.1) is 0 Å². The highest BCUT2D eigenvalue weighted by molar-refractivity contribution is 5.97. The molecule has 112 valence electrons. The standard InChI is InChI=1S/C15H25N3O2/c1-12(2)11-20-8-4-7-17-10-13-5-3-6-14(9-13)15(16)18-19/h3,5-6,9,12,17,19H,4,7-8,10-11H2,1-2H3,(H2,16,18). The topological polar surface area (TPSA) is 79.9 Å². The Morgan fingerprint density at radius 2 is 2.25 bits per heavy atom. The van der Waals surface area contributed by atoms with Gasteiger partial charge in [0, 0.05) is 25.3 Å². The van der Waals surface area contributed by atoms with Crippen LogP contribution in [0.3, 0.4) is 0 Å². The van der Waals surface area contributed by atoms with Gasteiger partial charge in [-0.15, -0.1) is 0 Å². The number of amidine groups is 1. The molecule has 0 heterocycles. The lowest BCUT2D eigenvalue weighted by molar-refractivity contribution is 0.108. The zero-order valence-corrected chi connectivity index (χ0v) is 12.3. The highest BCUT2D eigenvalue weighted by Crippen LogP contribution is 2.05. The van der Waals surface area contributed by atoms with E-state index in [1.807, 2.05) is 24.3 Å². The summed E-state index contributed by atoms with van der Waals surface area (Å²) in [6.45, 7) is 7.57. The van der Waals surface area contributed by atoms with Crippen molar-refractivity contribution in [2.24, 2.45) is 16.8 Å². The SMILES string of the molecule is CC(C)COCCCNCc1cccc(/C(N)=N/O)c1. The Hall–Kier alpha value is -1.59. The maximum atomic E-state index is 8.65. The molecule has 1 aromatic rings. The molecule has 0 spiro atoms. The van der Waals surface area contributed by atoms with Crippen molar-refractivity contribution in [1.29, 1.82) is 0 Å². The van der Waals surface area contributed by atoms with Gasteiger partial charge >= 0.3 is 0 Å². The van der Waals surface area contributed by atoms with Crippen LogP contribution in [-0.2, 0) is 11.3 Å². The zero-order valence-electron chi connectivity index (χ0n) is 12.3. The number of hydrogen-bond acceptors (Lipinski definition) is 4. The molecule has 0 radical (unpaired) electrons. The van der Waals surface area contributed by atoms with Gasteiger partial charge in [-0.1, -0.05) is 37.2 Å². The summed E-state index contributed by atoms with van der Waals surface area (Å²) in [6, 6.07) is 7.64. The van der Waals surface area contributed by atoms with E-state index in [-0.39, 0.29) is 5.84 Å². The smallest absolute Gasteiger partial charge is 0.170 e. The number of nitrogens with one attached hydrogen (secondary N) is 1. The molecule has 0 saturated carbocycles. The molecule has 0 amide bonds. The molecule has 0 atom stereocenters. The molecule has 20 heavy (non-hydrogen) atoms. The Balaban J connectivity index is 2.22. The molecule has 5 heteroatoms. The molecular formula is C15H25N3O2. The van der Waals surface area contributed by atoms with Gasteiger partial charge in [0.2, 0.25) is 0 Å². The van der Waals surface area contributed by atoms with E-state index < -0.39 is 0 Å². The Morgan fingerprint density at radius 3 is 2.95 bits per heavy atom. The van der Waals surface area contributed by atoms with E-state index >= 15 is 0 Å². The molecule has 0 aromatic heterocycles. The zero-order chi connectivity index (χ0) is 14.8. The van der Waals surface area contributed by atoms with Crippen LogP contribution < -0.4 is 11.1 Å². The Kier molecular flexibility index (Phi) is 7.69. The summed E-state index contributed by atoms with van der Waals surface area (Å²) in [7, 11) is 0. The molecule has 0 unspecified atom stereocenters. The molecule has 5 nitrogen and oxygen atoms in total. The van der Waals surface area contributed by atoms with Gasteiger partial charge < -0.3 is 21.0 Å². The molecule has 0 aliphatic rings. The summed E-state index contributed by atoms with van der Waals surface area (Å²) in [5.41, 5.74) is 7.40. The van der Waals surface area contributed by atoms with Crippen molar-refractivity contribution in [3.05, 3.63) is 35.4 Å². The summed E-state index contributed by atoms with van der Waals surface area (Å²) < 4.78 is 5.51. The number of rotatable bonds is 9. The van der Waals surface area contributed by atoms with Crippen LogP contribution in [0.15, 0.2) is 29.4 Å². The fraction of sp³-hybridized carbons (Fsp3) is 0.533. The van der Waals surface area contributed by atoms with Crippen molar-refractivity contribution in [3.8, 4) is 0 Å². The minimum absolute atomic E-state index is 0.133. The summed E-state index contributed by atoms with van der Waals surface area (Å²) in [4.78, 5) is 0. The maximum absolute atomic E-state index is 8.65. The van der Waals surface area contributed by atoms with E-state index in [1.165, 1.54) is 0 Å². The van der Waals surface area contributed by atoms with Gasteiger partial charge in [0.25, 0.3) is 0 Å². The van der Waals surface area contributed by atoms with E-state index in [1.54, 1.807) is 0 Å². The third kappa shape index (κ3) is 6.54. The van der Waals surface area contributed by atoms with Crippen LogP contribution in [0, 0.1) is 5.92 Å². The number of benzene rings is 1. The van der Waals surface area contributed by atoms with Gasteiger partial charge in [-0.25, -0.2) is 0 Å². The number of nitrogens with two attached hydrogens (primary N) is 1. The molecule has 0 saturated heterocycles. The lowest BCUT2D eigenvalue weighted by Crippen LogP contribution is -2.18. The van der Waals surface area contributed by atoms with Crippen LogP contribution in [0.4, 0.5) is 0 Å². The molecule has 0 aliphatic carbocycles. The van der Waals surface area contributed by atoms with Gasteiger partial charge in [-0.05, 0) is 30.5 Å². The molecule has 0 fully saturated rings.